The second-order valence-corrected chi connectivity index (χ2v) is 6.16. The van der Waals surface area contributed by atoms with Crippen LogP contribution in [0.2, 0.25) is 0 Å². The summed E-state index contributed by atoms with van der Waals surface area (Å²) in [5.74, 6) is 1.24. The number of hydrogen-bond donors (Lipinski definition) is 1. The van der Waals surface area contributed by atoms with Crippen molar-refractivity contribution in [2.45, 2.75) is 39.2 Å². The van der Waals surface area contributed by atoms with Gasteiger partial charge in [0.05, 0.1) is 0 Å². The summed E-state index contributed by atoms with van der Waals surface area (Å²) in [6.07, 6.45) is 5.09. The van der Waals surface area contributed by atoms with Gasteiger partial charge in [-0.3, -0.25) is 4.79 Å². The van der Waals surface area contributed by atoms with Crippen molar-refractivity contribution in [2.24, 2.45) is 11.8 Å². The normalized spacial score (nSPS) is 27.8. The number of nitrogens with zero attached hydrogens (tertiary/aromatic N) is 1. The second-order valence-electron chi connectivity index (χ2n) is 5.31. The van der Waals surface area contributed by atoms with Crippen molar-refractivity contribution in [1.29, 1.82) is 0 Å². The number of halogens is 1. The highest BCUT2D eigenvalue weighted by Crippen LogP contribution is 2.28. The molecule has 4 heteroatoms. The minimum atomic E-state index is -0.0751. The van der Waals surface area contributed by atoms with Gasteiger partial charge in [-0.1, -0.05) is 13.8 Å². The third kappa shape index (κ3) is 3.10. The average molecular weight is 311 g/mol. The van der Waals surface area contributed by atoms with Crippen LogP contribution in [0.5, 0.6) is 0 Å². The molecule has 1 fully saturated rings. The van der Waals surface area contributed by atoms with Crippen molar-refractivity contribution in [3.63, 3.8) is 0 Å². The molecule has 98 valence electrons. The summed E-state index contributed by atoms with van der Waals surface area (Å²) in [6, 6.07) is 3.93. The first-order valence-corrected chi connectivity index (χ1v) is 7.28. The third-order valence-corrected chi connectivity index (χ3v) is 4.36. The first-order valence-electron chi connectivity index (χ1n) is 6.49. The van der Waals surface area contributed by atoms with E-state index >= 15 is 0 Å². The Morgan fingerprint density at radius 2 is 2.22 bits per heavy atom. The van der Waals surface area contributed by atoms with Crippen LogP contribution in [0.25, 0.3) is 0 Å². The largest absolute Gasteiger partial charge is 0.348 e. The Hall–Kier alpha value is -0.900. The van der Waals surface area contributed by atoms with Gasteiger partial charge in [0, 0.05) is 16.7 Å². The molecule has 0 bridgehead atoms. The fraction of sp³-hybridized carbons (Fsp3) is 0.571. The van der Waals surface area contributed by atoms with Crippen molar-refractivity contribution in [1.82, 2.24) is 10.3 Å². The lowest BCUT2D eigenvalue weighted by Crippen LogP contribution is -2.42. The van der Waals surface area contributed by atoms with Crippen molar-refractivity contribution in [3.8, 4) is 0 Å². The highest BCUT2D eigenvalue weighted by atomic mass is 79.9. The van der Waals surface area contributed by atoms with E-state index in [2.05, 4.69) is 40.1 Å². The standard InChI is InChI=1S/C14H19BrN2O/c1-9-5-6-12(10(2)8-9)17-14(18)13-11(15)4-3-7-16-13/h3-4,7,9-10,12H,5-6,8H2,1-2H3,(H,17,18). The molecule has 1 N–H and O–H groups in total. The van der Waals surface area contributed by atoms with Crippen LogP contribution in [0.15, 0.2) is 22.8 Å². The average Bonchev–Trinajstić information content (AvgIpc) is 2.33. The van der Waals surface area contributed by atoms with Gasteiger partial charge in [0.15, 0.2) is 0 Å². The molecule has 3 nitrogen and oxygen atoms in total. The quantitative estimate of drug-likeness (QED) is 0.909. The molecule has 1 aromatic rings. The molecule has 1 heterocycles. The number of carbonyl (C=O) groups excluding carboxylic acids is 1. The second kappa shape index (κ2) is 5.83. The maximum absolute atomic E-state index is 12.2. The van der Waals surface area contributed by atoms with Crippen molar-refractivity contribution >= 4 is 21.8 Å². The Labute approximate surface area is 117 Å². The number of carbonyl (C=O) groups is 1. The molecular formula is C14H19BrN2O. The van der Waals surface area contributed by atoms with E-state index < -0.39 is 0 Å². The van der Waals surface area contributed by atoms with Crippen molar-refractivity contribution in [3.05, 3.63) is 28.5 Å². The number of pyridine rings is 1. The van der Waals surface area contributed by atoms with Crippen LogP contribution in [0, 0.1) is 11.8 Å². The molecule has 3 atom stereocenters. The van der Waals surface area contributed by atoms with Crippen LogP contribution in [0.1, 0.15) is 43.6 Å². The molecule has 2 rings (SSSR count). The molecule has 1 aliphatic rings. The van der Waals surface area contributed by atoms with Gasteiger partial charge in [-0.15, -0.1) is 0 Å². The van der Waals surface area contributed by atoms with Crippen LogP contribution in [0.3, 0.4) is 0 Å². The zero-order chi connectivity index (χ0) is 13.1. The molecule has 0 aliphatic heterocycles. The van der Waals surface area contributed by atoms with E-state index in [-0.39, 0.29) is 11.9 Å². The van der Waals surface area contributed by atoms with Crippen LogP contribution in [-0.4, -0.2) is 16.9 Å². The van der Waals surface area contributed by atoms with Crippen LogP contribution < -0.4 is 5.32 Å². The molecule has 18 heavy (non-hydrogen) atoms. The van der Waals surface area contributed by atoms with Gasteiger partial charge in [-0.2, -0.15) is 0 Å². The van der Waals surface area contributed by atoms with Crippen molar-refractivity contribution < 1.29 is 4.79 Å². The summed E-state index contributed by atoms with van der Waals surface area (Å²) in [5.41, 5.74) is 0.475. The topological polar surface area (TPSA) is 42.0 Å². The minimum Gasteiger partial charge on any atom is -0.348 e. The van der Waals surface area contributed by atoms with Gasteiger partial charge < -0.3 is 5.32 Å². The molecule has 1 saturated carbocycles. The summed E-state index contributed by atoms with van der Waals surface area (Å²) < 4.78 is 0.749. The summed E-state index contributed by atoms with van der Waals surface area (Å²) >= 11 is 3.36. The molecule has 1 amide bonds. The number of amides is 1. The zero-order valence-electron chi connectivity index (χ0n) is 10.8. The van der Waals surface area contributed by atoms with E-state index in [0.717, 1.165) is 16.8 Å². The van der Waals surface area contributed by atoms with Gasteiger partial charge in [-0.05, 0) is 59.2 Å². The Morgan fingerprint density at radius 1 is 1.44 bits per heavy atom. The van der Waals surface area contributed by atoms with Gasteiger partial charge >= 0.3 is 0 Å². The SMILES string of the molecule is CC1CCC(NC(=O)c2ncccc2Br)C(C)C1. The fourth-order valence-corrected chi connectivity index (χ4v) is 3.10. The Bertz CT molecular complexity index is 436. The third-order valence-electron chi connectivity index (χ3n) is 3.72. The maximum Gasteiger partial charge on any atom is 0.271 e. The zero-order valence-corrected chi connectivity index (χ0v) is 12.4. The van der Waals surface area contributed by atoms with E-state index in [1.165, 1.54) is 12.8 Å². The Kier molecular flexibility index (Phi) is 4.38. The van der Waals surface area contributed by atoms with Crippen LogP contribution in [0.4, 0.5) is 0 Å². The summed E-state index contributed by atoms with van der Waals surface area (Å²) in [7, 11) is 0. The smallest absolute Gasteiger partial charge is 0.271 e. The number of hydrogen-bond acceptors (Lipinski definition) is 2. The van der Waals surface area contributed by atoms with E-state index in [1.807, 2.05) is 12.1 Å². The molecule has 1 aliphatic carbocycles. The van der Waals surface area contributed by atoms with Crippen LogP contribution in [-0.2, 0) is 0 Å². The van der Waals surface area contributed by atoms with Gasteiger partial charge in [0.1, 0.15) is 5.69 Å². The molecule has 0 saturated heterocycles. The van der Waals surface area contributed by atoms with Gasteiger partial charge in [-0.25, -0.2) is 4.98 Å². The molecule has 3 unspecified atom stereocenters. The number of aromatic nitrogens is 1. The summed E-state index contributed by atoms with van der Waals surface area (Å²) in [4.78, 5) is 16.3. The van der Waals surface area contributed by atoms with E-state index in [9.17, 15) is 4.79 Å². The van der Waals surface area contributed by atoms with Gasteiger partial charge in [0.25, 0.3) is 5.91 Å². The molecule has 0 aromatic carbocycles. The first-order chi connectivity index (χ1) is 8.58. The molecule has 0 radical (unpaired) electrons. The van der Waals surface area contributed by atoms with Gasteiger partial charge in [0.2, 0.25) is 0 Å². The molecule has 1 aromatic heterocycles. The number of rotatable bonds is 2. The first kappa shape index (κ1) is 13.5. The lowest BCUT2D eigenvalue weighted by molar-refractivity contribution is 0.0893. The number of nitrogens with one attached hydrogen (secondary N) is 1. The van der Waals surface area contributed by atoms with Crippen molar-refractivity contribution in [2.75, 3.05) is 0 Å². The lowest BCUT2D eigenvalue weighted by atomic mass is 9.80. The maximum atomic E-state index is 12.2. The molecule has 0 spiro atoms. The lowest BCUT2D eigenvalue weighted by Gasteiger charge is -2.33. The minimum absolute atomic E-state index is 0.0751. The monoisotopic (exact) mass is 310 g/mol. The molecular weight excluding hydrogens is 292 g/mol. The fourth-order valence-electron chi connectivity index (χ4n) is 2.67. The summed E-state index contributed by atoms with van der Waals surface area (Å²) in [5, 5.41) is 3.11. The summed E-state index contributed by atoms with van der Waals surface area (Å²) in [6.45, 7) is 4.50. The Morgan fingerprint density at radius 3 is 2.89 bits per heavy atom. The predicted octanol–water partition coefficient (Wildman–Crippen LogP) is 3.40. The highest BCUT2D eigenvalue weighted by Gasteiger charge is 2.27. The van der Waals surface area contributed by atoms with Crippen LogP contribution >= 0.6 is 15.9 Å². The van der Waals surface area contributed by atoms with E-state index in [1.54, 1.807) is 6.20 Å². The predicted molar refractivity (Wildman–Crippen MR) is 75.4 cm³/mol. The highest BCUT2D eigenvalue weighted by molar-refractivity contribution is 9.10. The van der Waals surface area contributed by atoms with E-state index in [4.69, 9.17) is 0 Å². The van der Waals surface area contributed by atoms with E-state index in [0.29, 0.717) is 11.6 Å². The Balaban J connectivity index is 2.02.